The highest BCUT2D eigenvalue weighted by atomic mass is 32.2. The summed E-state index contributed by atoms with van der Waals surface area (Å²) in [5, 5.41) is 3.17. The molecule has 32 heavy (non-hydrogen) atoms. The quantitative estimate of drug-likeness (QED) is 0.611. The van der Waals surface area contributed by atoms with E-state index in [0.29, 0.717) is 22.8 Å². The summed E-state index contributed by atoms with van der Waals surface area (Å²) >= 11 is 0. The molecule has 3 aromatic rings. The number of benzene rings is 1. The molecule has 1 aromatic carbocycles. The minimum absolute atomic E-state index is 0.148. The Morgan fingerprint density at radius 1 is 1.00 bits per heavy atom. The van der Waals surface area contributed by atoms with Crippen LogP contribution in [-0.4, -0.2) is 66.8 Å². The highest BCUT2D eigenvalue weighted by Gasteiger charge is 2.31. The lowest BCUT2D eigenvalue weighted by molar-refractivity contribution is 0.0698. The Labute approximate surface area is 186 Å². The molecule has 2 aromatic heterocycles. The van der Waals surface area contributed by atoms with E-state index in [-0.39, 0.29) is 37.0 Å². The van der Waals surface area contributed by atoms with Crippen LogP contribution in [0, 0.1) is 0 Å². The van der Waals surface area contributed by atoms with Gasteiger partial charge in [-0.25, -0.2) is 13.4 Å². The van der Waals surface area contributed by atoms with Crippen molar-refractivity contribution in [2.24, 2.45) is 0 Å². The minimum Gasteiger partial charge on any atom is -0.495 e. The number of carbonyl (C=O) groups is 1. The number of ether oxygens (including phenoxy) is 1. The van der Waals surface area contributed by atoms with Gasteiger partial charge >= 0.3 is 0 Å². The van der Waals surface area contributed by atoms with Crippen LogP contribution in [0.15, 0.2) is 72.0 Å². The molecule has 1 N–H and O–H groups in total. The van der Waals surface area contributed by atoms with Crippen LogP contribution in [0.2, 0.25) is 0 Å². The molecule has 9 nitrogen and oxygen atoms in total. The molecule has 1 amide bonds. The van der Waals surface area contributed by atoms with E-state index in [2.05, 4.69) is 15.3 Å². The molecular weight excluding hydrogens is 430 g/mol. The third-order valence-corrected chi connectivity index (χ3v) is 7.08. The monoisotopic (exact) mass is 453 g/mol. The molecule has 0 bridgehead atoms. The van der Waals surface area contributed by atoms with Gasteiger partial charge in [-0.15, -0.1) is 0 Å². The van der Waals surface area contributed by atoms with Gasteiger partial charge in [-0.3, -0.25) is 9.78 Å². The second-order valence-corrected chi connectivity index (χ2v) is 9.05. The van der Waals surface area contributed by atoms with Gasteiger partial charge in [-0.2, -0.15) is 4.31 Å². The zero-order valence-corrected chi connectivity index (χ0v) is 18.3. The van der Waals surface area contributed by atoms with Gasteiger partial charge < -0.3 is 15.0 Å². The molecule has 1 fully saturated rings. The maximum Gasteiger partial charge on any atom is 0.257 e. The van der Waals surface area contributed by atoms with Crippen LogP contribution in [0.4, 0.5) is 11.5 Å². The number of nitrogens with one attached hydrogen (secondary N) is 1. The van der Waals surface area contributed by atoms with Gasteiger partial charge in [0.2, 0.25) is 10.0 Å². The number of amides is 1. The number of nitrogens with zero attached hydrogens (tertiary/aromatic N) is 4. The lowest BCUT2D eigenvalue weighted by Crippen LogP contribution is -2.50. The zero-order valence-electron chi connectivity index (χ0n) is 17.5. The summed E-state index contributed by atoms with van der Waals surface area (Å²) in [6.07, 6.45) is 4.46. The normalized spacial score (nSPS) is 14.7. The van der Waals surface area contributed by atoms with Gasteiger partial charge in [-0.05, 0) is 36.4 Å². The number of pyridine rings is 2. The molecule has 3 heterocycles. The van der Waals surface area contributed by atoms with E-state index in [1.165, 1.54) is 22.8 Å². The Morgan fingerprint density at radius 3 is 2.47 bits per heavy atom. The van der Waals surface area contributed by atoms with E-state index in [0.717, 1.165) is 0 Å². The average Bonchev–Trinajstić information content (AvgIpc) is 2.85. The van der Waals surface area contributed by atoms with E-state index < -0.39 is 10.0 Å². The minimum atomic E-state index is -3.64. The number of rotatable bonds is 6. The largest absolute Gasteiger partial charge is 0.495 e. The summed E-state index contributed by atoms with van der Waals surface area (Å²) in [5.41, 5.74) is 1.09. The lowest BCUT2D eigenvalue weighted by Gasteiger charge is -2.34. The van der Waals surface area contributed by atoms with E-state index in [4.69, 9.17) is 4.74 Å². The molecule has 1 aliphatic heterocycles. The van der Waals surface area contributed by atoms with Crippen LogP contribution in [-0.2, 0) is 10.0 Å². The van der Waals surface area contributed by atoms with Gasteiger partial charge in [0.05, 0.1) is 18.4 Å². The highest BCUT2D eigenvalue weighted by Crippen LogP contribution is 2.28. The molecular formula is C22H23N5O4S. The van der Waals surface area contributed by atoms with Crippen LogP contribution in [0.25, 0.3) is 0 Å². The lowest BCUT2D eigenvalue weighted by atomic mass is 10.2. The van der Waals surface area contributed by atoms with Gasteiger partial charge in [0.1, 0.15) is 16.5 Å². The number of anilines is 2. The molecule has 0 aliphatic carbocycles. The van der Waals surface area contributed by atoms with Crippen LogP contribution in [0.5, 0.6) is 5.75 Å². The van der Waals surface area contributed by atoms with Gasteiger partial charge in [0.15, 0.2) is 0 Å². The molecule has 1 saturated heterocycles. The number of aromatic nitrogens is 2. The smallest absolute Gasteiger partial charge is 0.257 e. The molecule has 166 valence electrons. The highest BCUT2D eigenvalue weighted by molar-refractivity contribution is 7.89. The first-order valence-corrected chi connectivity index (χ1v) is 11.5. The third-order valence-electron chi connectivity index (χ3n) is 5.20. The van der Waals surface area contributed by atoms with Crippen molar-refractivity contribution in [2.75, 3.05) is 38.6 Å². The van der Waals surface area contributed by atoms with Gasteiger partial charge in [0, 0.05) is 44.8 Å². The maximum atomic E-state index is 13.2. The van der Waals surface area contributed by atoms with Crippen molar-refractivity contribution >= 4 is 27.4 Å². The number of sulfonamides is 1. The number of hydrogen-bond donors (Lipinski definition) is 1. The topological polar surface area (TPSA) is 105 Å². The Bertz CT molecular complexity index is 1200. The summed E-state index contributed by atoms with van der Waals surface area (Å²) in [6, 6.07) is 13.9. The van der Waals surface area contributed by atoms with E-state index >= 15 is 0 Å². The first-order valence-electron chi connectivity index (χ1n) is 10.0. The van der Waals surface area contributed by atoms with Crippen LogP contribution < -0.4 is 10.1 Å². The Balaban J connectivity index is 1.48. The number of para-hydroxylation sites is 2. The standard InChI is InChI=1S/C22H23N5O4S/c1-31-20-9-3-2-8-19(20)25-21-18(7-5-11-24-21)22(28)26-12-14-27(15-13-26)32(29,30)17-6-4-10-23-16-17/h2-11,16H,12-15H2,1H3,(H,24,25). The van der Waals surface area contributed by atoms with Crippen molar-refractivity contribution < 1.29 is 17.9 Å². The molecule has 0 radical (unpaired) electrons. The van der Waals surface area contributed by atoms with Crippen molar-refractivity contribution in [3.05, 3.63) is 72.7 Å². The van der Waals surface area contributed by atoms with Gasteiger partial charge in [-0.1, -0.05) is 12.1 Å². The molecule has 0 atom stereocenters. The Hall–Kier alpha value is -3.50. The van der Waals surface area contributed by atoms with Crippen molar-refractivity contribution in [3.63, 3.8) is 0 Å². The van der Waals surface area contributed by atoms with Gasteiger partial charge in [0.25, 0.3) is 5.91 Å². The fraction of sp³-hybridized carbons (Fsp3) is 0.227. The summed E-state index contributed by atoms with van der Waals surface area (Å²) < 4.78 is 32.3. The number of piperazine rings is 1. The fourth-order valence-corrected chi connectivity index (χ4v) is 4.89. The average molecular weight is 454 g/mol. The van der Waals surface area contributed by atoms with Crippen molar-refractivity contribution in [1.29, 1.82) is 0 Å². The van der Waals surface area contributed by atoms with Crippen LogP contribution in [0.1, 0.15) is 10.4 Å². The molecule has 4 rings (SSSR count). The predicted molar refractivity (Wildman–Crippen MR) is 119 cm³/mol. The molecule has 0 saturated carbocycles. The van der Waals surface area contributed by atoms with E-state index in [1.54, 1.807) is 36.4 Å². The Kier molecular flexibility index (Phi) is 6.33. The second-order valence-electron chi connectivity index (χ2n) is 7.11. The first kappa shape index (κ1) is 21.7. The summed E-state index contributed by atoms with van der Waals surface area (Å²) in [5.74, 6) is 0.826. The molecule has 0 unspecified atom stereocenters. The summed E-state index contributed by atoms with van der Waals surface area (Å²) in [6.45, 7) is 0.972. The predicted octanol–water partition coefficient (Wildman–Crippen LogP) is 2.38. The summed E-state index contributed by atoms with van der Waals surface area (Å²) in [4.78, 5) is 23.2. The first-order chi connectivity index (χ1) is 15.5. The van der Waals surface area contributed by atoms with E-state index in [9.17, 15) is 13.2 Å². The van der Waals surface area contributed by atoms with Crippen molar-refractivity contribution in [2.45, 2.75) is 4.90 Å². The number of hydrogen-bond acceptors (Lipinski definition) is 7. The Morgan fingerprint density at radius 2 is 1.75 bits per heavy atom. The third kappa shape index (κ3) is 4.41. The second kappa shape index (κ2) is 9.33. The summed E-state index contributed by atoms with van der Waals surface area (Å²) in [7, 11) is -2.06. The number of methoxy groups -OCH3 is 1. The molecule has 0 spiro atoms. The van der Waals surface area contributed by atoms with Crippen LogP contribution in [0.3, 0.4) is 0 Å². The van der Waals surface area contributed by atoms with Crippen LogP contribution >= 0.6 is 0 Å². The molecule has 10 heteroatoms. The zero-order chi connectivity index (χ0) is 22.6. The van der Waals surface area contributed by atoms with Crippen molar-refractivity contribution in [1.82, 2.24) is 19.2 Å². The number of carbonyl (C=O) groups excluding carboxylic acids is 1. The SMILES string of the molecule is COc1ccccc1Nc1ncccc1C(=O)N1CCN(S(=O)(=O)c2cccnc2)CC1. The van der Waals surface area contributed by atoms with E-state index in [1.807, 2.05) is 24.3 Å². The fourth-order valence-electron chi connectivity index (χ4n) is 3.50. The van der Waals surface area contributed by atoms with Crippen molar-refractivity contribution in [3.8, 4) is 5.75 Å². The molecule has 1 aliphatic rings. The maximum absolute atomic E-state index is 13.2.